The Bertz CT molecular complexity index is 79.8. The Hall–Kier alpha value is -0.530. The van der Waals surface area contributed by atoms with Crippen molar-refractivity contribution < 1.29 is 9.53 Å². The van der Waals surface area contributed by atoms with Gasteiger partial charge in [0.25, 0.3) is 0 Å². The van der Waals surface area contributed by atoms with Crippen molar-refractivity contribution in [3.63, 3.8) is 0 Å². The van der Waals surface area contributed by atoms with E-state index >= 15 is 0 Å². The number of hydrogen-bond donors (Lipinski definition) is 0. The fourth-order valence-corrected chi connectivity index (χ4v) is 0.806. The van der Waals surface area contributed by atoms with E-state index < -0.39 is 0 Å². The van der Waals surface area contributed by atoms with Crippen LogP contribution < -0.4 is 0 Å². The summed E-state index contributed by atoms with van der Waals surface area (Å²) in [6.45, 7) is 8.64. The summed E-state index contributed by atoms with van der Waals surface area (Å²) < 4.78 is 4.76. The van der Waals surface area contributed by atoms with Gasteiger partial charge >= 0.3 is 5.97 Å². The standard InChI is InChI=1S/C6H10O2.2C2H6/c7-6-4-2-1-3-5-8-6;2*1-2/h1-5H2;2*1-2H3. The zero-order valence-corrected chi connectivity index (χ0v) is 8.85. The van der Waals surface area contributed by atoms with Gasteiger partial charge in [0.1, 0.15) is 0 Å². The first-order valence-electron chi connectivity index (χ1n) is 5.05. The van der Waals surface area contributed by atoms with Crippen LogP contribution in [0.2, 0.25) is 0 Å². The van der Waals surface area contributed by atoms with E-state index in [1.165, 1.54) is 0 Å². The Balaban J connectivity index is 0. The maximum atomic E-state index is 10.5. The van der Waals surface area contributed by atoms with Gasteiger partial charge in [-0.25, -0.2) is 0 Å². The van der Waals surface area contributed by atoms with Gasteiger partial charge in [-0.2, -0.15) is 0 Å². The number of cyclic esters (lactones) is 1. The van der Waals surface area contributed by atoms with Crippen LogP contribution in [-0.2, 0) is 9.53 Å². The van der Waals surface area contributed by atoms with Gasteiger partial charge in [-0.1, -0.05) is 27.7 Å². The third-order valence-corrected chi connectivity index (χ3v) is 1.29. The number of esters is 1. The second-order valence-electron chi connectivity index (χ2n) is 2.03. The predicted molar refractivity (Wildman–Crippen MR) is 52.1 cm³/mol. The predicted octanol–water partition coefficient (Wildman–Crippen LogP) is 3.16. The van der Waals surface area contributed by atoms with Crippen LogP contribution in [-0.4, -0.2) is 12.6 Å². The molecule has 1 aliphatic rings. The first-order chi connectivity index (χ1) is 5.89. The molecule has 0 atom stereocenters. The average molecular weight is 174 g/mol. The summed E-state index contributed by atoms with van der Waals surface area (Å²) in [5.74, 6) is -0.0255. The maximum Gasteiger partial charge on any atom is 0.305 e. The van der Waals surface area contributed by atoms with E-state index in [0.717, 1.165) is 19.3 Å². The van der Waals surface area contributed by atoms with Gasteiger partial charge in [0.15, 0.2) is 0 Å². The Morgan fingerprint density at radius 2 is 1.58 bits per heavy atom. The van der Waals surface area contributed by atoms with Crippen LogP contribution in [0.15, 0.2) is 0 Å². The molecule has 0 bridgehead atoms. The molecule has 0 spiro atoms. The van der Waals surface area contributed by atoms with Gasteiger partial charge in [0.05, 0.1) is 6.61 Å². The SMILES string of the molecule is CC.CC.O=C1CCCCCO1. The second-order valence-corrected chi connectivity index (χ2v) is 2.03. The smallest absolute Gasteiger partial charge is 0.305 e. The maximum absolute atomic E-state index is 10.5. The van der Waals surface area contributed by atoms with E-state index in [1.54, 1.807) is 0 Å². The number of carbonyl (C=O) groups excluding carboxylic acids is 1. The molecule has 0 radical (unpaired) electrons. The molecule has 74 valence electrons. The fraction of sp³-hybridized carbons (Fsp3) is 0.900. The molecule has 0 aromatic rings. The molecule has 0 saturated carbocycles. The van der Waals surface area contributed by atoms with E-state index in [4.69, 9.17) is 4.74 Å². The van der Waals surface area contributed by atoms with Crippen LogP contribution in [0.4, 0.5) is 0 Å². The number of rotatable bonds is 0. The van der Waals surface area contributed by atoms with E-state index in [2.05, 4.69) is 0 Å². The van der Waals surface area contributed by atoms with Crippen LogP contribution in [0.25, 0.3) is 0 Å². The monoisotopic (exact) mass is 174 g/mol. The van der Waals surface area contributed by atoms with E-state index in [0.29, 0.717) is 13.0 Å². The highest BCUT2D eigenvalue weighted by Crippen LogP contribution is 2.06. The molecule has 1 rings (SSSR count). The molecule has 0 aromatic carbocycles. The highest BCUT2D eigenvalue weighted by atomic mass is 16.5. The summed E-state index contributed by atoms with van der Waals surface area (Å²) in [7, 11) is 0. The largest absolute Gasteiger partial charge is 0.466 e. The van der Waals surface area contributed by atoms with Gasteiger partial charge in [-0.15, -0.1) is 0 Å². The molecule has 1 saturated heterocycles. The van der Waals surface area contributed by atoms with Crippen molar-refractivity contribution >= 4 is 5.97 Å². The van der Waals surface area contributed by atoms with Crippen LogP contribution in [0.1, 0.15) is 53.4 Å². The molecular weight excluding hydrogens is 152 g/mol. The number of hydrogen-bond acceptors (Lipinski definition) is 2. The van der Waals surface area contributed by atoms with Gasteiger partial charge in [-0.05, 0) is 19.3 Å². The third kappa shape index (κ3) is 9.47. The fourth-order valence-electron chi connectivity index (χ4n) is 0.806. The summed E-state index contributed by atoms with van der Waals surface area (Å²) in [6, 6.07) is 0. The molecule has 0 aliphatic carbocycles. The van der Waals surface area contributed by atoms with Crippen molar-refractivity contribution in [3.8, 4) is 0 Å². The molecule has 0 N–H and O–H groups in total. The Morgan fingerprint density at radius 1 is 1.00 bits per heavy atom. The second kappa shape index (κ2) is 13.1. The van der Waals surface area contributed by atoms with Gasteiger partial charge < -0.3 is 4.74 Å². The average Bonchev–Trinajstić information content (AvgIpc) is 2.40. The molecule has 1 aliphatic heterocycles. The lowest BCUT2D eigenvalue weighted by Crippen LogP contribution is -2.00. The van der Waals surface area contributed by atoms with Gasteiger partial charge in [0.2, 0.25) is 0 Å². The van der Waals surface area contributed by atoms with Crippen molar-refractivity contribution in [2.45, 2.75) is 53.4 Å². The van der Waals surface area contributed by atoms with Crippen molar-refractivity contribution in [2.75, 3.05) is 6.61 Å². The lowest BCUT2D eigenvalue weighted by molar-refractivity contribution is -0.142. The summed E-state index contributed by atoms with van der Waals surface area (Å²) in [5, 5.41) is 0. The van der Waals surface area contributed by atoms with Gasteiger partial charge in [-0.3, -0.25) is 4.79 Å². The summed E-state index contributed by atoms with van der Waals surface area (Å²) in [6.07, 6.45) is 3.83. The number of ether oxygens (including phenoxy) is 1. The molecule has 0 aromatic heterocycles. The minimum absolute atomic E-state index is 0.0255. The Kier molecular flexibility index (Phi) is 15.3. The molecule has 2 nitrogen and oxygen atoms in total. The topological polar surface area (TPSA) is 26.3 Å². The minimum Gasteiger partial charge on any atom is -0.466 e. The van der Waals surface area contributed by atoms with Gasteiger partial charge in [0, 0.05) is 6.42 Å². The van der Waals surface area contributed by atoms with Crippen LogP contribution in [0.3, 0.4) is 0 Å². The Labute approximate surface area is 76.3 Å². The normalized spacial score (nSPS) is 15.5. The molecule has 1 fully saturated rings. The minimum atomic E-state index is -0.0255. The van der Waals surface area contributed by atoms with E-state index in [9.17, 15) is 4.79 Å². The lowest BCUT2D eigenvalue weighted by Gasteiger charge is -1.93. The highest BCUT2D eigenvalue weighted by molar-refractivity contribution is 5.69. The zero-order valence-electron chi connectivity index (χ0n) is 8.85. The summed E-state index contributed by atoms with van der Waals surface area (Å²) in [5.41, 5.74) is 0. The Morgan fingerprint density at radius 3 is 2.17 bits per heavy atom. The first-order valence-corrected chi connectivity index (χ1v) is 5.05. The van der Waals surface area contributed by atoms with Crippen molar-refractivity contribution in [3.05, 3.63) is 0 Å². The highest BCUT2D eigenvalue weighted by Gasteiger charge is 2.05. The quantitative estimate of drug-likeness (QED) is 0.527. The zero-order chi connectivity index (χ0) is 9.82. The third-order valence-electron chi connectivity index (χ3n) is 1.29. The van der Waals surface area contributed by atoms with Crippen LogP contribution in [0.5, 0.6) is 0 Å². The lowest BCUT2D eigenvalue weighted by atomic mass is 10.2. The summed E-state index contributed by atoms with van der Waals surface area (Å²) >= 11 is 0. The van der Waals surface area contributed by atoms with Crippen molar-refractivity contribution in [1.29, 1.82) is 0 Å². The van der Waals surface area contributed by atoms with E-state index in [1.807, 2.05) is 27.7 Å². The number of carbonyl (C=O) groups is 1. The first kappa shape index (κ1) is 14.0. The molecule has 0 unspecified atom stereocenters. The van der Waals surface area contributed by atoms with Crippen LogP contribution >= 0.6 is 0 Å². The van der Waals surface area contributed by atoms with Crippen molar-refractivity contribution in [1.82, 2.24) is 0 Å². The molecule has 12 heavy (non-hydrogen) atoms. The van der Waals surface area contributed by atoms with Crippen molar-refractivity contribution in [2.24, 2.45) is 0 Å². The molecule has 1 heterocycles. The molecule has 0 amide bonds. The van der Waals surface area contributed by atoms with Crippen LogP contribution in [0, 0.1) is 0 Å². The molecular formula is C10H22O2. The molecule has 2 heteroatoms. The summed E-state index contributed by atoms with van der Waals surface area (Å²) in [4.78, 5) is 10.5. The van der Waals surface area contributed by atoms with E-state index in [-0.39, 0.29) is 5.97 Å².